The lowest BCUT2D eigenvalue weighted by Gasteiger charge is -2.00. The van der Waals surface area contributed by atoms with E-state index < -0.39 is 17.8 Å². The Morgan fingerprint density at radius 2 is 1.83 bits per heavy atom. The maximum absolute atomic E-state index is 11.5. The van der Waals surface area contributed by atoms with E-state index in [9.17, 15) is 19.2 Å². The largest absolute Gasteiger partial charge is 0.478 e. The molecule has 0 saturated heterocycles. The van der Waals surface area contributed by atoms with Gasteiger partial charge < -0.3 is 14.8 Å². The van der Waals surface area contributed by atoms with Crippen molar-refractivity contribution < 1.29 is 28.7 Å². The number of aldehydes is 1. The van der Waals surface area contributed by atoms with Crippen LogP contribution in [0.5, 0.6) is 0 Å². The number of hydrogen-bond donors (Lipinski definition) is 3. The SMILES string of the molecule is O=C/C=C\C(=O)Nc1nc2cc(NC(=O)/C=C\C(=O)O)ccc2o1. The van der Waals surface area contributed by atoms with Gasteiger partial charge >= 0.3 is 12.0 Å². The molecule has 1 aromatic carbocycles. The number of aliphatic carboxylic acids is 1. The van der Waals surface area contributed by atoms with E-state index in [4.69, 9.17) is 9.52 Å². The van der Waals surface area contributed by atoms with Gasteiger partial charge in [-0.3, -0.25) is 19.7 Å². The van der Waals surface area contributed by atoms with Crippen molar-refractivity contribution in [2.24, 2.45) is 0 Å². The summed E-state index contributed by atoms with van der Waals surface area (Å²) in [5.41, 5.74) is 1.10. The molecule has 0 radical (unpaired) electrons. The normalized spacial score (nSPS) is 11.0. The number of benzene rings is 1. The number of carboxylic acids is 1. The third kappa shape index (κ3) is 4.63. The molecule has 1 aromatic heterocycles. The third-order valence-electron chi connectivity index (χ3n) is 2.59. The standard InChI is InChI=1S/C15H11N3O6/c19-7-1-2-12(20)18-15-17-10-8-9(3-4-11(10)24-15)16-13(21)5-6-14(22)23/h1-8H,(H,16,21)(H,22,23)(H,17,18,20)/b2-1-,6-5-. The summed E-state index contributed by atoms with van der Waals surface area (Å²) in [5, 5.41) is 13.2. The van der Waals surface area contributed by atoms with Gasteiger partial charge in [0.2, 0.25) is 5.91 Å². The average Bonchev–Trinajstić information content (AvgIpc) is 2.92. The molecule has 2 aromatic rings. The number of nitrogens with zero attached hydrogens (tertiary/aromatic N) is 1. The van der Waals surface area contributed by atoms with Gasteiger partial charge in [-0.1, -0.05) is 0 Å². The van der Waals surface area contributed by atoms with Crippen molar-refractivity contribution >= 4 is 46.9 Å². The molecule has 0 spiro atoms. The molecule has 122 valence electrons. The van der Waals surface area contributed by atoms with E-state index in [1.807, 2.05) is 0 Å². The zero-order valence-corrected chi connectivity index (χ0v) is 12.1. The Labute approximate surface area is 134 Å². The summed E-state index contributed by atoms with van der Waals surface area (Å²) in [6.07, 6.45) is 4.09. The number of fused-ring (bicyclic) bond motifs is 1. The number of hydrogen-bond acceptors (Lipinski definition) is 6. The highest BCUT2D eigenvalue weighted by molar-refractivity contribution is 6.03. The van der Waals surface area contributed by atoms with Crippen molar-refractivity contribution in [1.29, 1.82) is 0 Å². The van der Waals surface area contributed by atoms with Crippen molar-refractivity contribution in [3.8, 4) is 0 Å². The van der Waals surface area contributed by atoms with Crippen LogP contribution in [-0.4, -0.2) is 34.2 Å². The molecule has 0 fully saturated rings. The molecule has 2 rings (SSSR count). The fourth-order valence-corrected chi connectivity index (χ4v) is 1.66. The Morgan fingerprint density at radius 3 is 2.54 bits per heavy atom. The van der Waals surface area contributed by atoms with E-state index in [0.29, 0.717) is 29.1 Å². The Kier molecular flexibility index (Phi) is 5.19. The fourth-order valence-electron chi connectivity index (χ4n) is 1.66. The minimum absolute atomic E-state index is 0.0696. The summed E-state index contributed by atoms with van der Waals surface area (Å²) in [5.74, 6) is -2.44. The second kappa shape index (κ2) is 7.49. The number of carbonyl (C=O) groups is 4. The number of aromatic nitrogens is 1. The van der Waals surface area contributed by atoms with Gasteiger partial charge in [0.25, 0.3) is 5.91 Å². The smallest absolute Gasteiger partial charge is 0.328 e. The number of anilines is 2. The monoisotopic (exact) mass is 329 g/mol. The van der Waals surface area contributed by atoms with Crippen molar-refractivity contribution in [1.82, 2.24) is 4.98 Å². The average molecular weight is 329 g/mol. The molecule has 0 unspecified atom stereocenters. The summed E-state index contributed by atoms with van der Waals surface area (Å²) < 4.78 is 5.29. The molecule has 0 aliphatic rings. The molecule has 0 bridgehead atoms. The van der Waals surface area contributed by atoms with Crippen molar-refractivity contribution in [2.45, 2.75) is 0 Å². The molecule has 0 aliphatic carbocycles. The van der Waals surface area contributed by atoms with Crippen LogP contribution in [0, 0.1) is 0 Å². The number of rotatable bonds is 6. The minimum Gasteiger partial charge on any atom is -0.478 e. The number of oxazole rings is 1. The predicted octanol–water partition coefficient (Wildman–Crippen LogP) is 1.10. The van der Waals surface area contributed by atoms with Gasteiger partial charge in [-0.05, 0) is 24.3 Å². The molecule has 0 atom stereocenters. The van der Waals surface area contributed by atoms with E-state index in [-0.39, 0.29) is 6.01 Å². The van der Waals surface area contributed by atoms with Crippen LogP contribution in [0.1, 0.15) is 0 Å². The van der Waals surface area contributed by atoms with E-state index in [0.717, 1.165) is 18.2 Å². The first-order chi connectivity index (χ1) is 11.5. The van der Waals surface area contributed by atoms with Crippen LogP contribution in [0.3, 0.4) is 0 Å². The van der Waals surface area contributed by atoms with Crippen LogP contribution in [0.25, 0.3) is 11.1 Å². The van der Waals surface area contributed by atoms with Gasteiger partial charge in [-0.15, -0.1) is 0 Å². The van der Waals surface area contributed by atoms with E-state index in [1.54, 1.807) is 0 Å². The number of allylic oxidation sites excluding steroid dienone is 1. The maximum atomic E-state index is 11.5. The zero-order valence-electron chi connectivity index (χ0n) is 12.1. The lowest BCUT2D eigenvalue weighted by Crippen LogP contribution is -2.08. The topological polar surface area (TPSA) is 139 Å². The first kappa shape index (κ1) is 16.6. The first-order valence-electron chi connectivity index (χ1n) is 6.53. The predicted molar refractivity (Wildman–Crippen MR) is 83.2 cm³/mol. The van der Waals surface area contributed by atoms with Crippen LogP contribution >= 0.6 is 0 Å². The molecule has 9 heteroatoms. The van der Waals surface area contributed by atoms with Crippen LogP contribution in [0.4, 0.5) is 11.7 Å². The summed E-state index contributed by atoms with van der Waals surface area (Å²) in [7, 11) is 0. The van der Waals surface area contributed by atoms with Gasteiger partial charge in [-0.2, -0.15) is 4.98 Å². The Morgan fingerprint density at radius 1 is 1.08 bits per heavy atom. The lowest BCUT2D eigenvalue weighted by molar-refractivity contribution is -0.131. The number of amides is 2. The second-order valence-corrected chi connectivity index (χ2v) is 4.35. The summed E-state index contributed by atoms with van der Waals surface area (Å²) in [6.45, 7) is 0. The van der Waals surface area contributed by atoms with Crippen molar-refractivity contribution in [2.75, 3.05) is 10.6 Å². The third-order valence-corrected chi connectivity index (χ3v) is 2.59. The van der Waals surface area contributed by atoms with Crippen LogP contribution < -0.4 is 10.6 Å². The number of carboxylic acid groups (broad SMARTS) is 1. The van der Waals surface area contributed by atoms with Gasteiger partial charge in [0.1, 0.15) is 11.8 Å². The highest BCUT2D eigenvalue weighted by Crippen LogP contribution is 2.22. The highest BCUT2D eigenvalue weighted by atomic mass is 16.4. The lowest BCUT2D eigenvalue weighted by atomic mass is 10.3. The van der Waals surface area contributed by atoms with Crippen molar-refractivity contribution in [3.63, 3.8) is 0 Å². The quantitative estimate of drug-likeness (QED) is 0.532. The van der Waals surface area contributed by atoms with E-state index in [1.165, 1.54) is 18.2 Å². The summed E-state index contributed by atoms with van der Waals surface area (Å²) in [4.78, 5) is 47.4. The molecular weight excluding hydrogens is 318 g/mol. The summed E-state index contributed by atoms with van der Waals surface area (Å²) >= 11 is 0. The zero-order chi connectivity index (χ0) is 17.5. The van der Waals surface area contributed by atoms with E-state index >= 15 is 0 Å². The molecule has 0 aliphatic heterocycles. The van der Waals surface area contributed by atoms with Crippen molar-refractivity contribution in [3.05, 3.63) is 42.5 Å². The Balaban J connectivity index is 2.12. The Bertz CT molecular complexity index is 865. The van der Waals surface area contributed by atoms with Gasteiger partial charge in [0, 0.05) is 23.9 Å². The second-order valence-electron chi connectivity index (χ2n) is 4.35. The molecule has 24 heavy (non-hydrogen) atoms. The fraction of sp³-hybridized carbons (Fsp3) is 0. The van der Waals surface area contributed by atoms with Gasteiger partial charge in [-0.25, -0.2) is 4.79 Å². The molecule has 1 heterocycles. The van der Waals surface area contributed by atoms with Crippen LogP contribution in [0.15, 0.2) is 46.9 Å². The molecular formula is C15H11N3O6. The van der Waals surface area contributed by atoms with Crippen LogP contribution in [-0.2, 0) is 19.2 Å². The molecule has 9 nitrogen and oxygen atoms in total. The maximum Gasteiger partial charge on any atom is 0.328 e. The van der Waals surface area contributed by atoms with E-state index in [2.05, 4.69) is 15.6 Å². The number of nitrogens with one attached hydrogen (secondary N) is 2. The van der Waals surface area contributed by atoms with Gasteiger partial charge in [0.05, 0.1) is 0 Å². The summed E-state index contributed by atoms with van der Waals surface area (Å²) in [6, 6.07) is 4.47. The number of carbonyl (C=O) groups excluding carboxylic acids is 3. The first-order valence-corrected chi connectivity index (χ1v) is 6.53. The minimum atomic E-state index is -1.24. The molecule has 2 amide bonds. The van der Waals surface area contributed by atoms with Gasteiger partial charge in [0.15, 0.2) is 5.58 Å². The van der Waals surface area contributed by atoms with Crippen LogP contribution in [0.2, 0.25) is 0 Å². The molecule has 0 saturated carbocycles. The highest BCUT2D eigenvalue weighted by Gasteiger charge is 2.09. The Hall–Kier alpha value is -3.75. The molecule has 3 N–H and O–H groups in total.